The minimum atomic E-state index is -1.37. The van der Waals surface area contributed by atoms with Crippen molar-refractivity contribution in [1.82, 2.24) is 0 Å². The highest BCUT2D eigenvalue weighted by Gasteiger charge is 2.53. The van der Waals surface area contributed by atoms with Gasteiger partial charge in [-0.1, -0.05) is 61.5 Å². The van der Waals surface area contributed by atoms with Crippen molar-refractivity contribution in [3.8, 4) is 0 Å². The maximum Gasteiger partial charge on any atom is 0.338 e. The van der Waals surface area contributed by atoms with Crippen LogP contribution in [0.3, 0.4) is 0 Å². The number of rotatable bonds is 10. The van der Waals surface area contributed by atoms with Gasteiger partial charge in [-0.25, -0.2) is 14.4 Å². The number of aliphatic hydroxyl groups excluding tert-OH is 1. The molecule has 0 bridgehead atoms. The Kier molecular flexibility index (Phi) is 9.80. The largest absolute Gasteiger partial charge is 0.452 e. The lowest BCUT2D eigenvalue weighted by Crippen LogP contribution is -2.63. The van der Waals surface area contributed by atoms with Crippen LogP contribution in [0.5, 0.6) is 0 Å². The van der Waals surface area contributed by atoms with Gasteiger partial charge < -0.3 is 28.8 Å². The molecule has 3 aromatic carbocycles. The molecule has 5 unspecified atom stereocenters. The molecule has 1 heterocycles. The highest BCUT2D eigenvalue weighted by atomic mass is 16.7. The van der Waals surface area contributed by atoms with Crippen molar-refractivity contribution in [2.45, 2.75) is 44.1 Å². The lowest BCUT2D eigenvalue weighted by atomic mass is 9.97. The molecule has 0 aromatic heterocycles. The van der Waals surface area contributed by atoms with Gasteiger partial charge in [-0.3, -0.25) is 0 Å². The number of carbonyl (C=O) groups is 3. The highest BCUT2D eigenvalue weighted by molar-refractivity contribution is 5.91. The normalized spacial score (nSPS) is 22.5. The molecule has 9 nitrogen and oxygen atoms in total. The highest BCUT2D eigenvalue weighted by Crippen LogP contribution is 2.31. The van der Waals surface area contributed by atoms with Gasteiger partial charge in [0, 0.05) is 6.61 Å². The van der Waals surface area contributed by atoms with E-state index in [0.29, 0.717) is 6.42 Å². The summed E-state index contributed by atoms with van der Waals surface area (Å²) in [6.07, 6.45) is -5.76. The topological polar surface area (TPSA) is 118 Å². The second-order valence-corrected chi connectivity index (χ2v) is 8.80. The van der Waals surface area contributed by atoms with Crippen LogP contribution < -0.4 is 0 Å². The minimum absolute atomic E-state index is 0.232. The molecule has 1 saturated heterocycles. The SMILES string of the molecule is CCCOC1OC(CO)C(OC(=O)c2ccccc2)C(OC(=O)c2ccccc2)C1OC(=O)c1ccccc1. The molecule has 0 spiro atoms. The number of hydrogen-bond acceptors (Lipinski definition) is 9. The number of benzene rings is 3. The summed E-state index contributed by atoms with van der Waals surface area (Å²) in [4.78, 5) is 39.3. The van der Waals surface area contributed by atoms with Gasteiger partial charge in [-0.2, -0.15) is 0 Å². The summed E-state index contributed by atoms with van der Waals surface area (Å²) >= 11 is 0. The Morgan fingerprint density at radius 3 is 1.49 bits per heavy atom. The van der Waals surface area contributed by atoms with Crippen LogP contribution in [0.25, 0.3) is 0 Å². The van der Waals surface area contributed by atoms with Gasteiger partial charge in [0.15, 0.2) is 24.6 Å². The van der Waals surface area contributed by atoms with E-state index in [1.165, 1.54) is 0 Å². The zero-order chi connectivity index (χ0) is 27.6. The minimum Gasteiger partial charge on any atom is -0.452 e. The molecule has 1 fully saturated rings. The summed E-state index contributed by atoms with van der Waals surface area (Å²) < 4.78 is 29.2. The van der Waals surface area contributed by atoms with Crippen molar-refractivity contribution < 1.29 is 43.2 Å². The first-order valence-corrected chi connectivity index (χ1v) is 12.7. The maximum atomic E-state index is 13.2. The average molecular weight is 535 g/mol. The van der Waals surface area contributed by atoms with Gasteiger partial charge in [0.2, 0.25) is 0 Å². The van der Waals surface area contributed by atoms with E-state index in [9.17, 15) is 19.5 Å². The molecule has 4 rings (SSSR count). The Morgan fingerprint density at radius 1 is 0.667 bits per heavy atom. The maximum absolute atomic E-state index is 13.2. The van der Waals surface area contributed by atoms with Gasteiger partial charge >= 0.3 is 17.9 Å². The zero-order valence-electron chi connectivity index (χ0n) is 21.4. The Morgan fingerprint density at radius 2 is 1.08 bits per heavy atom. The quantitative estimate of drug-likeness (QED) is 0.306. The molecule has 39 heavy (non-hydrogen) atoms. The van der Waals surface area contributed by atoms with E-state index in [1.54, 1.807) is 91.0 Å². The van der Waals surface area contributed by atoms with E-state index < -0.39 is 55.2 Å². The monoisotopic (exact) mass is 534 g/mol. The molecule has 0 radical (unpaired) electrons. The Labute approximate surface area is 226 Å². The van der Waals surface area contributed by atoms with Crippen molar-refractivity contribution in [2.75, 3.05) is 13.2 Å². The van der Waals surface area contributed by atoms with E-state index in [-0.39, 0.29) is 23.3 Å². The van der Waals surface area contributed by atoms with Crippen LogP contribution in [-0.4, -0.2) is 66.9 Å². The molecule has 1 N–H and O–H groups in total. The van der Waals surface area contributed by atoms with Crippen LogP contribution >= 0.6 is 0 Å². The first-order valence-electron chi connectivity index (χ1n) is 12.7. The lowest BCUT2D eigenvalue weighted by molar-refractivity contribution is -0.298. The molecule has 0 amide bonds. The summed E-state index contributed by atoms with van der Waals surface area (Å²) in [6, 6.07) is 24.7. The number of ether oxygens (including phenoxy) is 5. The fourth-order valence-corrected chi connectivity index (χ4v) is 4.09. The molecule has 1 aliphatic heterocycles. The third-order valence-electron chi connectivity index (χ3n) is 6.02. The first kappa shape index (κ1) is 28.0. The van der Waals surface area contributed by atoms with Crippen molar-refractivity contribution in [3.05, 3.63) is 108 Å². The third kappa shape index (κ3) is 7.08. The molecule has 1 aliphatic rings. The molecule has 0 saturated carbocycles. The fourth-order valence-electron chi connectivity index (χ4n) is 4.09. The van der Waals surface area contributed by atoms with Crippen molar-refractivity contribution in [1.29, 1.82) is 0 Å². The number of hydrogen-bond donors (Lipinski definition) is 1. The summed E-state index contributed by atoms with van der Waals surface area (Å²) in [5.41, 5.74) is 0.725. The van der Waals surface area contributed by atoms with Crippen molar-refractivity contribution >= 4 is 17.9 Å². The van der Waals surface area contributed by atoms with E-state index in [4.69, 9.17) is 23.7 Å². The van der Waals surface area contributed by atoms with Crippen LogP contribution in [-0.2, 0) is 23.7 Å². The van der Waals surface area contributed by atoms with Crippen LogP contribution in [0, 0.1) is 0 Å². The van der Waals surface area contributed by atoms with E-state index in [1.807, 2.05) is 6.92 Å². The Balaban J connectivity index is 1.71. The number of aliphatic hydroxyl groups is 1. The second-order valence-electron chi connectivity index (χ2n) is 8.80. The molecule has 3 aromatic rings. The zero-order valence-corrected chi connectivity index (χ0v) is 21.4. The van der Waals surface area contributed by atoms with Crippen LogP contribution in [0.2, 0.25) is 0 Å². The van der Waals surface area contributed by atoms with E-state index in [2.05, 4.69) is 0 Å². The van der Waals surface area contributed by atoms with Crippen LogP contribution in [0.4, 0.5) is 0 Å². The van der Waals surface area contributed by atoms with Crippen molar-refractivity contribution in [2.24, 2.45) is 0 Å². The van der Waals surface area contributed by atoms with Gasteiger partial charge in [-0.05, 0) is 42.8 Å². The number of esters is 3. The molecule has 0 aliphatic carbocycles. The summed E-state index contributed by atoms with van der Waals surface area (Å²) in [7, 11) is 0. The fraction of sp³-hybridized carbons (Fsp3) is 0.300. The van der Waals surface area contributed by atoms with Gasteiger partial charge in [0.1, 0.15) is 6.10 Å². The molecular weight excluding hydrogens is 504 g/mol. The van der Waals surface area contributed by atoms with Crippen LogP contribution in [0.15, 0.2) is 91.0 Å². The first-order chi connectivity index (χ1) is 19.0. The predicted molar refractivity (Wildman–Crippen MR) is 139 cm³/mol. The molecular formula is C30H30O9. The summed E-state index contributed by atoms with van der Waals surface area (Å²) in [6.45, 7) is 1.53. The Bertz CT molecular complexity index is 1220. The van der Waals surface area contributed by atoms with Crippen molar-refractivity contribution in [3.63, 3.8) is 0 Å². The summed E-state index contributed by atoms with van der Waals surface area (Å²) in [5.74, 6) is -2.19. The predicted octanol–water partition coefficient (Wildman–Crippen LogP) is 3.81. The van der Waals surface area contributed by atoms with Crippen LogP contribution in [0.1, 0.15) is 44.4 Å². The molecule has 9 heteroatoms. The molecule has 5 atom stereocenters. The molecule has 204 valence electrons. The van der Waals surface area contributed by atoms with Gasteiger partial charge in [-0.15, -0.1) is 0 Å². The Hall–Kier alpha value is -4.05. The lowest BCUT2D eigenvalue weighted by Gasteiger charge is -2.44. The number of carbonyl (C=O) groups excluding carboxylic acids is 3. The smallest absolute Gasteiger partial charge is 0.338 e. The third-order valence-corrected chi connectivity index (χ3v) is 6.02. The van der Waals surface area contributed by atoms with Gasteiger partial charge in [0.05, 0.1) is 23.3 Å². The standard InChI is InChI=1S/C30H30O9/c1-2-18-35-30-26(39-29(34)22-16-10-5-11-17-22)25(38-28(33)21-14-8-4-9-15-21)24(23(19-31)36-30)37-27(32)20-12-6-3-7-13-20/h3-17,23-26,30-31H,2,18-19H2,1H3. The van der Waals surface area contributed by atoms with E-state index >= 15 is 0 Å². The second kappa shape index (κ2) is 13.7. The van der Waals surface area contributed by atoms with Gasteiger partial charge in [0.25, 0.3) is 0 Å². The van der Waals surface area contributed by atoms with E-state index in [0.717, 1.165) is 0 Å². The summed E-state index contributed by atoms with van der Waals surface area (Å²) in [5, 5.41) is 10.2. The average Bonchev–Trinajstić information content (AvgIpc) is 2.99.